The first-order chi connectivity index (χ1) is 19.2. The van der Waals surface area contributed by atoms with Gasteiger partial charge < -0.3 is 15.4 Å². The third-order valence-electron chi connectivity index (χ3n) is 7.45. The van der Waals surface area contributed by atoms with Gasteiger partial charge in [-0.3, -0.25) is 4.79 Å². The highest BCUT2D eigenvalue weighted by Gasteiger charge is 2.37. The van der Waals surface area contributed by atoms with Crippen LogP contribution in [0.3, 0.4) is 0 Å². The van der Waals surface area contributed by atoms with E-state index in [9.17, 15) is 4.79 Å². The molecule has 1 aliphatic rings. The number of fused-ring (bicyclic) bond motifs is 1. The number of hydrogen-bond donors (Lipinski definition) is 2. The zero-order valence-corrected chi connectivity index (χ0v) is 21.8. The van der Waals surface area contributed by atoms with Crippen molar-refractivity contribution in [2.45, 2.75) is 25.4 Å². The van der Waals surface area contributed by atoms with E-state index in [0.29, 0.717) is 30.7 Å². The Labute approximate surface area is 229 Å². The fraction of sp³-hybridized carbons (Fsp3) is 0.171. The van der Waals surface area contributed by atoms with Gasteiger partial charge in [-0.15, -0.1) is 0 Å². The summed E-state index contributed by atoms with van der Waals surface area (Å²) in [5.74, 6) is 1.14. The van der Waals surface area contributed by atoms with Crippen molar-refractivity contribution in [3.8, 4) is 0 Å². The molecule has 1 amide bonds. The highest BCUT2D eigenvalue weighted by Crippen LogP contribution is 2.49. The lowest BCUT2D eigenvalue weighted by Gasteiger charge is -2.10. The second-order valence-electron chi connectivity index (χ2n) is 10.3. The molecule has 4 nitrogen and oxygen atoms in total. The summed E-state index contributed by atoms with van der Waals surface area (Å²) in [4.78, 5) is 12.9. The van der Waals surface area contributed by atoms with Crippen LogP contribution in [0.1, 0.15) is 39.4 Å². The molecule has 5 aromatic carbocycles. The zero-order valence-electron chi connectivity index (χ0n) is 21.8. The predicted molar refractivity (Wildman–Crippen MR) is 159 cm³/mol. The van der Waals surface area contributed by atoms with Crippen LogP contribution in [0.25, 0.3) is 10.8 Å². The maximum Gasteiger partial charge on any atom is 0.255 e. The van der Waals surface area contributed by atoms with Gasteiger partial charge >= 0.3 is 0 Å². The van der Waals surface area contributed by atoms with Crippen LogP contribution in [0.4, 0.5) is 11.4 Å². The highest BCUT2D eigenvalue weighted by atomic mass is 16.5. The topological polar surface area (TPSA) is 50.4 Å². The molecule has 0 bridgehead atoms. The first-order valence-electron chi connectivity index (χ1n) is 13.6. The minimum Gasteiger partial charge on any atom is -0.363 e. The molecule has 39 heavy (non-hydrogen) atoms. The van der Waals surface area contributed by atoms with Crippen LogP contribution in [0, 0.1) is 5.92 Å². The lowest BCUT2D eigenvalue weighted by Crippen LogP contribution is -2.13. The third kappa shape index (κ3) is 6.36. The van der Waals surface area contributed by atoms with Gasteiger partial charge in [0.25, 0.3) is 5.91 Å². The lowest BCUT2D eigenvalue weighted by atomic mass is 10.0. The van der Waals surface area contributed by atoms with E-state index in [0.717, 1.165) is 23.4 Å². The number of amides is 1. The van der Waals surface area contributed by atoms with Gasteiger partial charge in [0, 0.05) is 16.9 Å². The molecule has 5 aromatic rings. The third-order valence-corrected chi connectivity index (χ3v) is 7.45. The van der Waals surface area contributed by atoms with E-state index in [-0.39, 0.29) is 5.91 Å². The molecular weight excluding hydrogens is 480 g/mol. The molecule has 0 saturated heterocycles. The highest BCUT2D eigenvalue weighted by molar-refractivity contribution is 6.04. The van der Waals surface area contributed by atoms with Crippen molar-refractivity contribution < 1.29 is 9.53 Å². The van der Waals surface area contributed by atoms with Crippen molar-refractivity contribution in [2.75, 3.05) is 17.4 Å². The lowest BCUT2D eigenvalue weighted by molar-refractivity contribution is 0.102. The van der Waals surface area contributed by atoms with Crippen molar-refractivity contribution >= 4 is 28.1 Å². The van der Waals surface area contributed by atoms with Crippen LogP contribution < -0.4 is 10.6 Å². The number of benzene rings is 5. The fourth-order valence-electron chi connectivity index (χ4n) is 5.21. The molecule has 1 aliphatic carbocycles. The van der Waals surface area contributed by atoms with E-state index >= 15 is 0 Å². The molecule has 2 N–H and O–H groups in total. The number of nitrogens with one attached hydrogen (secondary N) is 2. The summed E-state index contributed by atoms with van der Waals surface area (Å²) in [6, 6.07) is 41.2. The van der Waals surface area contributed by atoms with Gasteiger partial charge in [-0.1, -0.05) is 91.0 Å². The van der Waals surface area contributed by atoms with Crippen molar-refractivity contribution in [1.82, 2.24) is 0 Å². The number of carbonyl (C=O) groups is 1. The second kappa shape index (κ2) is 11.5. The van der Waals surface area contributed by atoms with E-state index in [1.54, 1.807) is 0 Å². The first kappa shape index (κ1) is 24.9. The van der Waals surface area contributed by atoms with Crippen LogP contribution in [-0.2, 0) is 17.8 Å². The minimum atomic E-state index is -0.128. The molecular formula is C35H32N2O2. The SMILES string of the molecule is O=C(Nc1ccc(C2CC2Cc2ccc3ccccc3c2)cc1)c1cccc(NCOCc2ccccc2)c1. The molecule has 4 heteroatoms. The smallest absolute Gasteiger partial charge is 0.255 e. The van der Waals surface area contributed by atoms with Gasteiger partial charge in [0.2, 0.25) is 0 Å². The molecule has 0 aliphatic heterocycles. The Kier molecular flexibility index (Phi) is 7.37. The Morgan fingerprint density at radius 3 is 2.36 bits per heavy atom. The summed E-state index contributed by atoms with van der Waals surface area (Å²) in [6.07, 6.45) is 2.32. The van der Waals surface area contributed by atoms with Crippen LogP contribution in [0.2, 0.25) is 0 Å². The predicted octanol–water partition coefficient (Wildman–Crippen LogP) is 8.02. The largest absolute Gasteiger partial charge is 0.363 e. The Bertz CT molecular complexity index is 1560. The monoisotopic (exact) mass is 512 g/mol. The molecule has 0 radical (unpaired) electrons. The van der Waals surface area contributed by atoms with E-state index in [2.05, 4.69) is 65.2 Å². The Balaban J connectivity index is 0.994. The van der Waals surface area contributed by atoms with Crippen molar-refractivity contribution in [3.63, 3.8) is 0 Å². The number of hydrogen-bond acceptors (Lipinski definition) is 3. The molecule has 194 valence electrons. The molecule has 1 saturated carbocycles. The second-order valence-corrected chi connectivity index (χ2v) is 10.3. The summed E-state index contributed by atoms with van der Waals surface area (Å²) in [7, 11) is 0. The number of rotatable bonds is 10. The van der Waals surface area contributed by atoms with Crippen molar-refractivity contribution in [2.24, 2.45) is 5.92 Å². The van der Waals surface area contributed by atoms with Crippen LogP contribution in [0.15, 0.2) is 121 Å². The number of carbonyl (C=O) groups excluding carboxylic acids is 1. The molecule has 0 heterocycles. The van der Waals surface area contributed by atoms with Crippen LogP contribution >= 0.6 is 0 Å². The normalized spacial score (nSPS) is 16.1. The summed E-state index contributed by atoms with van der Waals surface area (Å²) >= 11 is 0. The number of anilines is 2. The van der Waals surface area contributed by atoms with Crippen LogP contribution in [-0.4, -0.2) is 12.6 Å². The quantitative estimate of drug-likeness (QED) is 0.147. The van der Waals surface area contributed by atoms with Gasteiger partial charge in [-0.2, -0.15) is 0 Å². The van der Waals surface area contributed by atoms with Gasteiger partial charge in [0.05, 0.1) is 6.61 Å². The maximum atomic E-state index is 12.9. The van der Waals surface area contributed by atoms with Gasteiger partial charge in [0.15, 0.2) is 0 Å². The Morgan fingerprint density at radius 1 is 0.718 bits per heavy atom. The first-order valence-corrected chi connectivity index (χ1v) is 13.6. The molecule has 2 atom stereocenters. The van der Waals surface area contributed by atoms with Gasteiger partial charge in [-0.25, -0.2) is 0 Å². The minimum absolute atomic E-state index is 0.128. The van der Waals surface area contributed by atoms with E-state index in [4.69, 9.17) is 4.74 Å². The van der Waals surface area contributed by atoms with E-state index < -0.39 is 0 Å². The summed E-state index contributed by atoms with van der Waals surface area (Å²) in [6.45, 7) is 0.902. The zero-order chi connectivity index (χ0) is 26.4. The Morgan fingerprint density at radius 2 is 1.51 bits per heavy atom. The molecule has 0 spiro atoms. The standard InChI is InChI=1S/C35H32N2O2/c38-35(30-11-6-12-33(21-30)36-24-39-23-25-7-2-1-3-8-25)37-32-17-15-28(16-18-32)34-22-31(34)20-26-13-14-27-9-4-5-10-29(27)19-26/h1-19,21,31,34,36H,20,22-24H2,(H,37,38). The number of ether oxygens (including phenoxy) is 1. The maximum absolute atomic E-state index is 12.9. The van der Waals surface area contributed by atoms with Gasteiger partial charge in [-0.05, 0) is 82.5 Å². The average molecular weight is 513 g/mol. The fourth-order valence-corrected chi connectivity index (χ4v) is 5.21. The summed E-state index contributed by atoms with van der Waals surface area (Å²) < 4.78 is 5.70. The molecule has 1 fully saturated rings. The van der Waals surface area contributed by atoms with E-state index in [1.807, 2.05) is 66.7 Å². The van der Waals surface area contributed by atoms with Crippen molar-refractivity contribution in [1.29, 1.82) is 0 Å². The van der Waals surface area contributed by atoms with Crippen molar-refractivity contribution in [3.05, 3.63) is 144 Å². The van der Waals surface area contributed by atoms with Gasteiger partial charge in [0.1, 0.15) is 6.73 Å². The average Bonchev–Trinajstić information content (AvgIpc) is 3.75. The summed E-state index contributed by atoms with van der Waals surface area (Å²) in [5, 5.41) is 8.86. The molecule has 6 rings (SSSR count). The Hall–Kier alpha value is -4.41. The molecule has 2 unspecified atom stereocenters. The van der Waals surface area contributed by atoms with Crippen LogP contribution in [0.5, 0.6) is 0 Å². The van der Waals surface area contributed by atoms with E-state index in [1.165, 1.54) is 28.3 Å². The summed E-state index contributed by atoms with van der Waals surface area (Å²) in [5.41, 5.74) is 6.13. The molecule has 0 aromatic heterocycles.